The van der Waals surface area contributed by atoms with E-state index in [0.29, 0.717) is 52.9 Å². The Morgan fingerprint density at radius 3 is 2.67 bits per heavy atom. The molecule has 0 radical (unpaired) electrons. The SMILES string of the molecule is C[C@@H]1CC2(CC[C@@H]1Nc1cccc3c(C4CCC(=O)NC4=O)nn(C)c13)CN(c1ncc(Cl)c(Nc3cnc4c(ccc(=O)n4C)c3)n1)C2. The number of benzene rings is 1. The largest absolute Gasteiger partial charge is 0.380 e. The molecule has 1 spiro atoms. The third-order valence-electron chi connectivity index (χ3n) is 10.5. The molecule has 3 atom stereocenters. The Morgan fingerprint density at radius 2 is 1.88 bits per heavy atom. The fraction of sp³-hybridized carbons (Fsp3) is 0.400. The summed E-state index contributed by atoms with van der Waals surface area (Å²) in [6, 6.07) is 11.6. The summed E-state index contributed by atoms with van der Waals surface area (Å²) in [7, 11) is 3.61. The number of amides is 2. The molecule has 8 rings (SSSR count). The van der Waals surface area contributed by atoms with Crippen molar-refractivity contribution in [1.82, 2.24) is 34.6 Å². The van der Waals surface area contributed by atoms with Crippen LogP contribution in [0.15, 0.2) is 53.6 Å². The van der Waals surface area contributed by atoms with Gasteiger partial charge in [-0.15, -0.1) is 0 Å². The molecular weight excluding hydrogens is 644 g/mol. The molecule has 0 bridgehead atoms. The molecule has 6 heterocycles. The number of carbonyl (C=O) groups is 2. The Kier molecular flexibility index (Phi) is 7.54. The van der Waals surface area contributed by atoms with E-state index in [1.807, 2.05) is 29.9 Å². The van der Waals surface area contributed by atoms with Gasteiger partial charge in [-0.05, 0) is 49.8 Å². The number of hydrogen-bond donors (Lipinski definition) is 3. The van der Waals surface area contributed by atoms with Crippen LogP contribution in [0.5, 0.6) is 0 Å². The third-order valence-corrected chi connectivity index (χ3v) is 10.8. The lowest BCUT2D eigenvalue weighted by Gasteiger charge is -2.55. The van der Waals surface area contributed by atoms with E-state index in [2.05, 4.69) is 43.8 Å². The highest BCUT2D eigenvalue weighted by molar-refractivity contribution is 6.32. The number of rotatable bonds is 6. The lowest BCUT2D eigenvalue weighted by Crippen LogP contribution is -2.60. The van der Waals surface area contributed by atoms with Gasteiger partial charge in [0.05, 0.1) is 40.9 Å². The molecule has 252 valence electrons. The van der Waals surface area contributed by atoms with Crippen molar-refractivity contribution in [3.05, 3.63) is 69.9 Å². The molecule has 5 aromatic rings. The topological polar surface area (TPSA) is 152 Å². The summed E-state index contributed by atoms with van der Waals surface area (Å²) in [4.78, 5) is 52.3. The molecule has 14 heteroatoms. The van der Waals surface area contributed by atoms with Crippen LogP contribution in [-0.2, 0) is 23.7 Å². The third kappa shape index (κ3) is 5.55. The number of imide groups is 1. The summed E-state index contributed by atoms with van der Waals surface area (Å²) in [5.74, 6) is 0.634. The number of fused-ring (bicyclic) bond motifs is 2. The van der Waals surface area contributed by atoms with Gasteiger partial charge in [0, 0.05) is 61.9 Å². The van der Waals surface area contributed by atoms with Gasteiger partial charge in [-0.2, -0.15) is 10.1 Å². The number of pyridine rings is 2. The van der Waals surface area contributed by atoms with E-state index in [9.17, 15) is 14.4 Å². The second-order valence-electron chi connectivity index (χ2n) is 13.9. The fourth-order valence-electron chi connectivity index (χ4n) is 8.03. The summed E-state index contributed by atoms with van der Waals surface area (Å²) in [5, 5.41) is 16.5. The first-order chi connectivity index (χ1) is 23.6. The van der Waals surface area contributed by atoms with Crippen LogP contribution in [-0.4, -0.2) is 60.2 Å². The van der Waals surface area contributed by atoms with E-state index in [0.717, 1.165) is 60.0 Å². The predicted molar refractivity (Wildman–Crippen MR) is 188 cm³/mol. The van der Waals surface area contributed by atoms with Gasteiger partial charge in [0.2, 0.25) is 17.8 Å². The van der Waals surface area contributed by atoms with Gasteiger partial charge in [0.15, 0.2) is 5.82 Å². The Balaban J connectivity index is 0.932. The van der Waals surface area contributed by atoms with Gasteiger partial charge < -0.3 is 15.5 Å². The standard InChI is InChI=1S/C35H37ClN10O3/c1-19-14-35(12-11-25(19)40-26-6-4-5-22-29(43-45(3)30(22)26)23-8-9-27(47)41-33(23)49)17-46(18-35)34-38-16-24(36)31(42-34)39-21-13-20-7-10-28(48)44(2)32(20)37-15-21/h4-7,10,13,15-16,19,23,25,40H,8-9,11-12,14,17-18H2,1-3H3,(H,38,39,42)(H,41,47,49)/t19-,23?,25+/m1/s1. The zero-order chi connectivity index (χ0) is 34.0. The molecule has 3 N–H and O–H groups in total. The Bertz CT molecular complexity index is 2210. The molecule has 49 heavy (non-hydrogen) atoms. The maximum Gasteiger partial charge on any atom is 0.251 e. The number of aromatic nitrogens is 6. The van der Waals surface area contributed by atoms with Crippen LogP contribution in [0.1, 0.15) is 50.6 Å². The number of anilines is 4. The molecule has 1 aromatic carbocycles. The van der Waals surface area contributed by atoms with Gasteiger partial charge in [0.25, 0.3) is 5.56 Å². The molecule has 3 aliphatic rings. The highest BCUT2D eigenvalue weighted by Crippen LogP contribution is 2.48. The van der Waals surface area contributed by atoms with E-state index in [4.69, 9.17) is 21.7 Å². The molecule has 1 aliphatic carbocycles. The summed E-state index contributed by atoms with van der Waals surface area (Å²) in [5.41, 5.74) is 4.11. The lowest BCUT2D eigenvalue weighted by atomic mass is 9.64. The van der Waals surface area contributed by atoms with E-state index in [1.54, 1.807) is 25.5 Å². The average molecular weight is 681 g/mol. The van der Waals surface area contributed by atoms with Crippen molar-refractivity contribution in [2.75, 3.05) is 28.6 Å². The second kappa shape index (κ2) is 11.8. The van der Waals surface area contributed by atoms with Crippen LogP contribution in [0, 0.1) is 11.3 Å². The lowest BCUT2D eigenvalue weighted by molar-refractivity contribution is -0.134. The number of piperidine rings is 1. The monoisotopic (exact) mass is 680 g/mol. The maximum absolute atomic E-state index is 12.6. The summed E-state index contributed by atoms with van der Waals surface area (Å²) in [6.45, 7) is 4.07. The predicted octanol–water partition coefficient (Wildman–Crippen LogP) is 4.63. The van der Waals surface area contributed by atoms with Crippen LogP contribution < -0.4 is 26.4 Å². The molecule has 4 aromatic heterocycles. The molecule has 1 unspecified atom stereocenters. The van der Waals surface area contributed by atoms with E-state index < -0.39 is 5.92 Å². The van der Waals surface area contributed by atoms with Crippen molar-refractivity contribution >= 4 is 68.5 Å². The first-order valence-corrected chi connectivity index (χ1v) is 17.0. The van der Waals surface area contributed by atoms with Crippen LogP contribution in [0.25, 0.3) is 21.9 Å². The molecule has 13 nitrogen and oxygen atoms in total. The van der Waals surface area contributed by atoms with E-state index in [-0.39, 0.29) is 22.8 Å². The zero-order valence-electron chi connectivity index (χ0n) is 27.5. The number of carbonyl (C=O) groups excluding carboxylic acids is 2. The van der Waals surface area contributed by atoms with Crippen molar-refractivity contribution in [2.45, 2.75) is 51.0 Å². The second-order valence-corrected chi connectivity index (χ2v) is 14.3. The number of aryl methyl sites for hydroxylation is 2. The minimum absolute atomic E-state index is 0.111. The van der Waals surface area contributed by atoms with Crippen LogP contribution in [0.2, 0.25) is 5.02 Å². The highest BCUT2D eigenvalue weighted by atomic mass is 35.5. The molecule has 2 aliphatic heterocycles. The average Bonchev–Trinajstić information content (AvgIpc) is 3.40. The quantitative estimate of drug-likeness (QED) is 0.217. The van der Waals surface area contributed by atoms with Crippen molar-refractivity contribution in [3.8, 4) is 0 Å². The minimum atomic E-state index is -0.434. The van der Waals surface area contributed by atoms with Gasteiger partial charge in [-0.25, -0.2) is 9.97 Å². The van der Waals surface area contributed by atoms with Gasteiger partial charge >= 0.3 is 0 Å². The minimum Gasteiger partial charge on any atom is -0.380 e. The Labute approximate surface area is 287 Å². The van der Waals surface area contributed by atoms with Crippen LogP contribution >= 0.6 is 11.6 Å². The van der Waals surface area contributed by atoms with E-state index in [1.165, 1.54) is 10.6 Å². The van der Waals surface area contributed by atoms with Crippen molar-refractivity contribution in [3.63, 3.8) is 0 Å². The van der Waals surface area contributed by atoms with Crippen LogP contribution in [0.4, 0.5) is 23.1 Å². The maximum atomic E-state index is 12.6. The van der Waals surface area contributed by atoms with Gasteiger partial charge in [-0.3, -0.25) is 28.9 Å². The zero-order valence-corrected chi connectivity index (χ0v) is 28.3. The number of nitrogens with one attached hydrogen (secondary N) is 3. The highest BCUT2D eigenvalue weighted by Gasteiger charge is 2.48. The Hall–Kier alpha value is -5.04. The Morgan fingerprint density at radius 1 is 1.04 bits per heavy atom. The number of hydrogen-bond acceptors (Lipinski definition) is 10. The smallest absolute Gasteiger partial charge is 0.251 e. The van der Waals surface area contributed by atoms with Gasteiger partial charge in [0.1, 0.15) is 10.7 Å². The van der Waals surface area contributed by atoms with Crippen molar-refractivity contribution in [1.29, 1.82) is 0 Å². The molecule has 2 saturated heterocycles. The number of halogens is 1. The molecular formula is C35H37ClN10O3. The normalized spacial score (nSPS) is 22.0. The molecule has 2 amide bonds. The fourth-order valence-corrected chi connectivity index (χ4v) is 8.17. The number of para-hydroxylation sites is 1. The first kappa shape index (κ1) is 31.2. The van der Waals surface area contributed by atoms with E-state index >= 15 is 0 Å². The molecule has 1 saturated carbocycles. The molecule has 3 fully saturated rings. The van der Waals surface area contributed by atoms with Crippen LogP contribution in [0.3, 0.4) is 0 Å². The van der Waals surface area contributed by atoms with Crippen molar-refractivity contribution < 1.29 is 9.59 Å². The first-order valence-electron chi connectivity index (χ1n) is 16.6. The van der Waals surface area contributed by atoms with Crippen molar-refractivity contribution in [2.24, 2.45) is 25.4 Å². The summed E-state index contributed by atoms with van der Waals surface area (Å²) >= 11 is 6.50. The summed E-state index contributed by atoms with van der Waals surface area (Å²) in [6.07, 6.45) is 7.27. The van der Waals surface area contributed by atoms with Gasteiger partial charge in [-0.1, -0.05) is 30.7 Å². The number of nitrogens with zero attached hydrogens (tertiary/aromatic N) is 7. The summed E-state index contributed by atoms with van der Waals surface area (Å²) < 4.78 is 3.37.